The highest BCUT2D eigenvalue weighted by atomic mass is 32.1. The summed E-state index contributed by atoms with van der Waals surface area (Å²) in [7, 11) is 0. The van der Waals surface area contributed by atoms with Gasteiger partial charge in [0.2, 0.25) is 0 Å². The Kier molecular flexibility index (Phi) is 4.53. The highest BCUT2D eigenvalue weighted by Crippen LogP contribution is 2.25. The van der Waals surface area contributed by atoms with Gasteiger partial charge in [0.25, 0.3) is 11.0 Å². The van der Waals surface area contributed by atoms with Crippen molar-refractivity contribution in [3.05, 3.63) is 64.6 Å². The summed E-state index contributed by atoms with van der Waals surface area (Å²) in [6, 6.07) is 3.64. The second kappa shape index (κ2) is 6.99. The van der Waals surface area contributed by atoms with E-state index in [1.807, 2.05) is 47.6 Å². The second-order valence-corrected chi connectivity index (χ2v) is 7.41. The first kappa shape index (κ1) is 17.5. The smallest absolute Gasteiger partial charge is 0.263 e. The fraction of sp³-hybridized carbons (Fsp3) is 0.278. The Morgan fingerprint density at radius 2 is 2.15 bits per heavy atom. The predicted molar refractivity (Wildman–Crippen MR) is 101 cm³/mol. The van der Waals surface area contributed by atoms with Crippen molar-refractivity contribution in [2.75, 3.05) is 5.32 Å². The summed E-state index contributed by atoms with van der Waals surface area (Å²) >= 11 is 1.47. The zero-order valence-corrected chi connectivity index (χ0v) is 16.0. The molecule has 1 unspecified atom stereocenters. The Bertz CT molecular complexity index is 1050. The molecule has 138 valence electrons. The summed E-state index contributed by atoms with van der Waals surface area (Å²) in [4.78, 5) is 4.14. The van der Waals surface area contributed by atoms with Crippen molar-refractivity contribution < 1.29 is 8.97 Å². The first-order valence-corrected chi connectivity index (χ1v) is 9.37. The van der Waals surface area contributed by atoms with Gasteiger partial charge in [-0.2, -0.15) is 5.10 Å². The minimum atomic E-state index is -0.265. The lowest BCUT2D eigenvalue weighted by Gasteiger charge is -2.12. The Morgan fingerprint density at radius 3 is 2.85 bits per heavy atom. The van der Waals surface area contributed by atoms with Gasteiger partial charge in [0, 0.05) is 12.4 Å². The number of aromatic nitrogens is 5. The van der Waals surface area contributed by atoms with Gasteiger partial charge in [0.05, 0.1) is 18.0 Å². The van der Waals surface area contributed by atoms with E-state index in [-0.39, 0.29) is 11.9 Å². The van der Waals surface area contributed by atoms with Crippen LogP contribution >= 0.6 is 11.3 Å². The van der Waals surface area contributed by atoms with E-state index in [1.54, 1.807) is 19.2 Å². The minimum Gasteiger partial charge on any atom is -0.263 e. The van der Waals surface area contributed by atoms with Crippen molar-refractivity contribution in [1.82, 2.24) is 25.0 Å². The van der Waals surface area contributed by atoms with Crippen LogP contribution in [-0.2, 0) is 6.54 Å². The van der Waals surface area contributed by atoms with Crippen molar-refractivity contribution >= 4 is 22.3 Å². The van der Waals surface area contributed by atoms with Crippen LogP contribution in [0.5, 0.6) is 0 Å². The summed E-state index contributed by atoms with van der Waals surface area (Å²) in [5.74, 6) is 0.571. The predicted octanol–water partition coefficient (Wildman–Crippen LogP) is 3.05. The van der Waals surface area contributed by atoms with Gasteiger partial charge < -0.3 is 0 Å². The molecule has 1 N–H and O–H groups in total. The Balaban J connectivity index is 1.47. The lowest BCUT2D eigenvalue weighted by Crippen LogP contribution is -2.29. The number of pyridine rings is 1. The summed E-state index contributed by atoms with van der Waals surface area (Å²) in [5.41, 5.74) is 1.97. The lowest BCUT2D eigenvalue weighted by atomic mass is 10.2. The van der Waals surface area contributed by atoms with Crippen molar-refractivity contribution in [3.8, 4) is 0 Å². The van der Waals surface area contributed by atoms with Crippen LogP contribution in [0, 0.1) is 19.7 Å². The van der Waals surface area contributed by atoms with Crippen LogP contribution in [0.2, 0.25) is 0 Å². The van der Waals surface area contributed by atoms with Crippen LogP contribution in [0.3, 0.4) is 0 Å². The quantitative estimate of drug-likeness (QED) is 0.685. The monoisotopic (exact) mass is 384 g/mol. The number of halogens is 1. The SMILES string of the molecule is Cc1ccn(C(C)c2nnc(NC3=[N+](Cc4nccc(C)c4F)C=C3)s2)n1. The molecule has 1 aliphatic rings. The maximum absolute atomic E-state index is 14.2. The van der Waals surface area contributed by atoms with E-state index < -0.39 is 0 Å². The number of hydrogen-bond donors (Lipinski definition) is 1. The highest BCUT2D eigenvalue weighted by Gasteiger charge is 2.23. The molecule has 1 atom stereocenters. The third kappa shape index (κ3) is 3.50. The maximum atomic E-state index is 14.2. The molecule has 7 nitrogen and oxygen atoms in total. The first-order chi connectivity index (χ1) is 13.0. The van der Waals surface area contributed by atoms with Gasteiger partial charge in [-0.1, -0.05) is 16.4 Å². The number of nitrogens with one attached hydrogen (secondary N) is 1. The van der Waals surface area contributed by atoms with Gasteiger partial charge in [-0.05, 0) is 38.5 Å². The molecule has 0 aliphatic carbocycles. The normalized spacial score (nSPS) is 14.4. The van der Waals surface area contributed by atoms with Gasteiger partial charge in [-0.25, -0.2) is 14.3 Å². The average molecular weight is 384 g/mol. The Hall–Kier alpha value is -2.94. The van der Waals surface area contributed by atoms with Crippen molar-refractivity contribution in [1.29, 1.82) is 0 Å². The number of nitrogens with zero attached hydrogens (tertiary/aromatic N) is 6. The number of amidine groups is 1. The molecule has 0 fully saturated rings. The van der Waals surface area contributed by atoms with Crippen LogP contribution in [-0.4, -0.2) is 35.4 Å². The van der Waals surface area contributed by atoms with Gasteiger partial charge in [0.1, 0.15) is 23.3 Å². The fourth-order valence-corrected chi connectivity index (χ4v) is 3.49. The van der Waals surface area contributed by atoms with Gasteiger partial charge in [0.15, 0.2) is 5.82 Å². The molecule has 1 aliphatic heterocycles. The summed E-state index contributed by atoms with van der Waals surface area (Å²) in [6.45, 7) is 6.09. The largest absolute Gasteiger partial charge is 0.297 e. The zero-order chi connectivity index (χ0) is 19.0. The van der Waals surface area contributed by atoms with Gasteiger partial charge in [-0.15, -0.1) is 5.10 Å². The summed E-state index contributed by atoms with van der Waals surface area (Å²) in [5, 5.41) is 17.7. The lowest BCUT2D eigenvalue weighted by molar-refractivity contribution is -0.484. The van der Waals surface area contributed by atoms with E-state index in [4.69, 9.17) is 0 Å². The molecular weight excluding hydrogens is 365 g/mol. The minimum absolute atomic E-state index is 0.00961. The third-order valence-electron chi connectivity index (χ3n) is 4.37. The molecule has 0 bridgehead atoms. The van der Waals surface area contributed by atoms with Crippen LogP contribution in [0.1, 0.15) is 34.9 Å². The third-order valence-corrected chi connectivity index (χ3v) is 5.38. The molecule has 4 heterocycles. The molecule has 27 heavy (non-hydrogen) atoms. The molecule has 3 aromatic rings. The number of hydrogen-bond acceptors (Lipinski definition) is 6. The molecule has 0 saturated carbocycles. The van der Waals surface area contributed by atoms with E-state index in [0.29, 0.717) is 22.9 Å². The van der Waals surface area contributed by atoms with E-state index in [0.717, 1.165) is 16.5 Å². The Labute approximate surface area is 159 Å². The Morgan fingerprint density at radius 1 is 1.30 bits per heavy atom. The standard InChI is InChI=1S/C18H18FN7S/c1-11-4-7-20-14(16(11)19)10-25-8-6-15(25)21-18-23-22-17(27-18)13(3)26-9-5-12(2)24-26/h4-9,13H,10H2,1-3H3/p+1. The van der Waals surface area contributed by atoms with Crippen molar-refractivity contribution in [3.63, 3.8) is 0 Å². The van der Waals surface area contributed by atoms with Crippen LogP contribution in [0.15, 0.2) is 36.8 Å². The number of rotatable bonds is 5. The zero-order valence-electron chi connectivity index (χ0n) is 15.2. The number of aryl methyl sites for hydroxylation is 2. The molecule has 9 heteroatoms. The van der Waals surface area contributed by atoms with E-state index in [2.05, 4.69) is 25.6 Å². The highest BCUT2D eigenvalue weighted by molar-refractivity contribution is 7.15. The first-order valence-electron chi connectivity index (χ1n) is 8.55. The maximum Gasteiger partial charge on any atom is 0.297 e. The van der Waals surface area contributed by atoms with E-state index >= 15 is 0 Å². The summed E-state index contributed by atoms with van der Waals surface area (Å²) in [6.07, 6.45) is 7.35. The summed E-state index contributed by atoms with van der Waals surface area (Å²) < 4.78 is 17.9. The second-order valence-electron chi connectivity index (χ2n) is 6.40. The molecule has 0 amide bonds. The average Bonchev–Trinajstić information content (AvgIpc) is 3.28. The molecule has 3 aromatic heterocycles. The van der Waals surface area contributed by atoms with Crippen LogP contribution in [0.25, 0.3) is 0 Å². The van der Waals surface area contributed by atoms with E-state index in [1.165, 1.54) is 11.3 Å². The fourth-order valence-electron chi connectivity index (χ4n) is 2.70. The molecule has 0 saturated heterocycles. The van der Waals surface area contributed by atoms with Gasteiger partial charge >= 0.3 is 0 Å². The number of anilines is 1. The van der Waals surface area contributed by atoms with Crippen molar-refractivity contribution in [2.24, 2.45) is 0 Å². The van der Waals surface area contributed by atoms with E-state index in [9.17, 15) is 4.39 Å². The van der Waals surface area contributed by atoms with Gasteiger partial charge in [-0.3, -0.25) is 9.67 Å². The molecule has 0 aromatic carbocycles. The van der Waals surface area contributed by atoms with Crippen LogP contribution < -0.4 is 5.32 Å². The van der Waals surface area contributed by atoms with Crippen LogP contribution in [0.4, 0.5) is 9.52 Å². The molecule has 0 radical (unpaired) electrons. The van der Waals surface area contributed by atoms with Crippen molar-refractivity contribution in [2.45, 2.75) is 33.4 Å². The molecule has 4 rings (SSSR count). The molecule has 0 spiro atoms. The molecular formula is C18H19FN7S+. The topological polar surface area (TPSA) is 71.5 Å².